The summed E-state index contributed by atoms with van der Waals surface area (Å²) in [5.41, 5.74) is 20.4. The van der Waals surface area contributed by atoms with Crippen molar-refractivity contribution >= 4 is 40.0 Å². The monoisotopic (exact) mass is 816 g/mol. The Balaban J connectivity index is 1.08. The molecule has 5 aliphatic rings. The minimum absolute atomic E-state index is 0.0465. The molecular formula is C59H48N2S. The normalized spacial score (nSPS) is 20.2. The van der Waals surface area contributed by atoms with Gasteiger partial charge in [0.15, 0.2) is 5.84 Å². The molecule has 0 saturated heterocycles. The summed E-state index contributed by atoms with van der Waals surface area (Å²) in [6.45, 7) is 2.38. The van der Waals surface area contributed by atoms with Gasteiger partial charge in [0, 0.05) is 10.5 Å². The minimum atomic E-state index is -0.0465. The van der Waals surface area contributed by atoms with Gasteiger partial charge in [-0.2, -0.15) is 0 Å². The van der Waals surface area contributed by atoms with Crippen LogP contribution in [0.25, 0.3) is 50.1 Å². The van der Waals surface area contributed by atoms with E-state index in [-0.39, 0.29) is 11.3 Å². The average Bonchev–Trinajstić information content (AvgIpc) is 3.73. The molecule has 11 rings (SSSR count). The smallest absolute Gasteiger partial charge is 0.151 e. The lowest BCUT2D eigenvalue weighted by atomic mass is 9.75. The first-order valence-electron chi connectivity index (χ1n) is 22.2. The Morgan fingerprint density at radius 1 is 0.548 bits per heavy atom. The Morgan fingerprint density at radius 3 is 1.90 bits per heavy atom. The largest absolute Gasteiger partial charge is 0.257 e. The molecule has 2 heterocycles. The number of aliphatic imine (C=N–C) groups is 2. The van der Waals surface area contributed by atoms with Crippen LogP contribution in [0.1, 0.15) is 72.9 Å². The number of fused-ring (bicyclic) bond motifs is 3. The molecule has 300 valence electrons. The third kappa shape index (κ3) is 7.25. The lowest BCUT2D eigenvalue weighted by molar-refractivity contribution is 0.751. The highest BCUT2D eigenvalue weighted by Crippen LogP contribution is 2.51. The van der Waals surface area contributed by atoms with Crippen molar-refractivity contribution in [1.82, 2.24) is 0 Å². The number of rotatable bonds is 8. The molecule has 0 spiro atoms. The summed E-state index contributed by atoms with van der Waals surface area (Å²) in [6, 6.07) is 53.8. The predicted octanol–water partition coefficient (Wildman–Crippen LogP) is 15.6. The summed E-state index contributed by atoms with van der Waals surface area (Å²) < 4.78 is 0. The maximum atomic E-state index is 5.50. The van der Waals surface area contributed by atoms with Gasteiger partial charge in [-0.15, -0.1) is 11.8 Å². The minimum Gasteiger partial charge on any atom is -0.257 e. The molecular weight excluding hydrogens is 769 g/mol. The molecule has 6 aromatic carbocycles. The number of hydrogen-bond donors (Lipinski definition) is 0. The van der Waals surface area contributed by atoms with Crippen molar-refractivity contribution in [1.29, 1.82) is 0 Å². The molecule has 3 aliphatic carbocycles. The van der Waals surface area contributed by atoms with Crippen molar-refractivity contribution in [3.63, 3.8) is 0 Å². The first kappa shape index (κ1) is 38.4. The molecule has 0 saturated carbocycles. The van der Waals surface area contributed by atoms with Gasteiger partial charge < -0.3 is 0 Å². The summed E-state index contributed by atoms with van der Waals surface area (Å²) in [6.07, 6.45) is 23.5. The van der Waals surface area contributed by atoms with Crippen LogP contribution in [0.3, 0.4) is 0 Å². The van der Waals surface area contributed by atoms with Crippen molar-refractivity contribution in [2.24, 2.45) is 15.9 Å². The van der Waals surface area contributed by atoms with E-state index in [0.29, 0.717) is 5.92 Å². The van der Waals surface area contributed by atoms with Crippen molar-refractivity contribution in [3.05, 3.63) is 228 Å². The number of amidine groups is 1. The maximum Gasteiger partial charge on any atom is 0.151 e. The second-order valence-electron chi connectivity index (χ2n) is 17.0. The van der Waals surface area contributed by atoms with Gasteiger partial charge in [-0.05, 0) is 134 Å². The maximum absolute atomic E-state index is 5.50. The number of nitrogens with zero attached hydrogens (tertiary/aromatic N) is 2. The highest BCUT2D eigenvalue weighted by molar-refractivity contribution is 8.01. The topological polar surface area (TPSA) is 24.7 Å². The Hall–Kier alpha value is -6.55. The average molecular weight is 817 g/mol. The third-order valence-electron chi connectivity index (χ3n) is 12.9. The van der Waals surface area contributed by atoms with Crippen LogP contribution in [-0.4, -0.2) is 16.8 Å². The quantitative estimate of drug-likeness (QED) is 0.150. The van der Waals surface area contributed by atoms with E-state index in [1.807, 2.05) is 11.8 Å². The molecule has 2 unspecified atom stereocenters. The molecule has 0 bridgehead atoms. The van der Waals surface area contributed by atoms with E-state index in [1.165, 1.54) is 88.4 Å². The van der Waals surface area contributed by atoms with E-state index < -0.39 is 0 Å². The van der Waals surface area contributed by atoms with Gasteiger partial charge in [-0.1, -0.05) is 183 Å². The summed E-state index contributed by atoms with van der Waals surface area (Å²) in [4.78, 5) is 12.1. The molecule has 62 heavy (non-hydrogen) atoms. The molecule has 3 heteroatoms. The Bertz CT molecular complexity index is 2960. The SMILES string of the molecule is CC1C=C(c2cccc([C@@H]3N=C(C4=CC=CCC4)N=C4c5ccccc5SC43)c2)C=C(c2cc(-c3ccccc3)c(C3=CC=CCC3)c(-c3ccccc3)c2-c2ccccc2)C1. The van der Waals surface area contributed by atoms with Crippen molar-refractivity contribution in [3.8, 4) is 33.4 Å². The molecule has 6 aromatic rings. The van der Waals surface area contributed by atoms with Crippen molar-refractivity contribution < 1.29 is 0 Å². The molecule has 2 aliphatic heterocycles. The van der Waals surface area contributed by atoms with E-state index in [2.05, 4.69) is 201 Å². The van der Waals surface area contributed by atoms with Crippen LogP contribution in [0.2, 0.25) is 0 Å². The zero-order chi connectivity index (χ0) is 41.4. The second-order valence-corrected chi connectivity index (χ2v) is 18.2. The first-order chi connectivity index (χ1) is 30.7. The Labute approximate surface area is 370 Å². The van der Waals surface area contributed by atoms with Gasteiger partial charge in [-0.3, -0.25) is 4.99 Å². The number of hydrogen-bond acceptors (Lipinski definition) is 3. The third-order valence-corrected chi connectivity index (χ3v) is 14.2. The lowest BCUT2D eigenvalue weighted by Gasteiger charge is -2.29. The first-order valence-corrected chi connectivity index (χ1v) is 23.1. The molecule has 0 N–H and O–H groups in total. The molecule has 3 atom stereocenters. The molecule has 0 fully saturated rings. The van der Waals surface area contributed by atoms with E-state index in [9.17, 15) is 0 Å². The van der Waals surface area contributed by atoms with Gasteiger partial charge in [0.25, 0.3) is 0 Å². The zero-order valence-corrected chi connectivity index (χ0v) is 35.9. The molecule has 2 nitrogen and oxygen atoms in total. The van der Waals surface area contributed by atoms with E-state index in [0.717, 1.165) is 43.7 Å². The van der Waals surface area contributed by atoms with Gasteiger partial charge in [0.2, 0.25) is 0 Å². The Kier molecular flexibility index (Phi) is 10.4. The summed E-state index contributed by atoms with van der Waals surface area (Å²) in [5, 5.41) is 0.131. The van der Waals surface area contributed by atoms with Crippen molar-refractivity contribution in [2.45, 2.75) is 55.2 Å². The highest BCUT2D eigenvalue weighted by Gasteiger charge is 2.39. The zero-order valence-electron chi connectivity index (χ0n) is 35.0. The highest BCUT2D eigenvalue weighted by atomic mass is 32.2. The Morgan fingerprint density at radius 2 is 1.19 bits per heavy atom. The van der Waals surface area contributed by atoms with Crippen LogP contribution in [-0.2, 0) is 0 Å². The number of benzene rings is 6. The predicted molar refractivity (Wildman–Crippen MR) is 265 cm³/mol. The summed E-state index contributed by atoms with van der Waals surface area (Å²) >= 11 is 1.92. The second kappa shape index (κ2) is 16.7. The lowest BCUT2D eigenvalue weighted by Crippen LogP contribution is -2.28. The number of thioether (sulfide) groups is 1. The fourth-order valence-corrected chi connectivity index (χ4v) is 11.4. The van der Waals surface area contributed by atoms with Gasteiger partial charge >= 0.3 is 0 Å². The molecule has 0 amide bonds. The summed E-state index contributed by atoms with van der Waals surface area (Å²) in [7, 11) is 0. The fraction of sp³-hybridized carbons (Fsp3) is 0.153. The van der Waals surface area contributed by atoms with Crippen LogP contribution in [0.5, 0.6) is 0 Å². The van der Waals surface area contributed by atoms with Crippen LogP contribution in [0, 0.1) is 5.92 Å². The van der Waals surface area contributed by atoms with E-state index >= 15 is 0 Å². The standard InChI is InChI=1S/C59H48N2S/c1-39-34-47(45-30-19-31-46(36-45)56-58-57(49-32-17-18-33-52(49)62-58)61-59(60-56)44-28-15-6-16-29-44)37-48(35-39)51-38-50(40-20-7-2-8-21-40)53(41-22-9-3-10-23-41)55(43-26-13-5-14-27-43)54(51)42-24-11-4-12-25-42/h2-9,11-15,17-22,24-28,30-34,36-39,56,58H,10,16,23,29,35H2,1H3/t39?,56-,58?/m0/s1. The van der Waals surface area contributed by atoms with E-state index in [1.54, 1.807) is 0 Å². The van der Waals surface area contributed by atoms with Gasteiger partial charge in [0.1, 0.15) is 0 Å². The van der Waals surface area contributed by atoms with Crippen LogP contribution >= 0.6 is 11.8 Å². The van der Waals surface area contributed by atoms with Gasteiger partial charge in [-0.25, -0.2) is 4.99 Å². The van der Waals surface area contributed by atoms with Crippen molar-refractivity contribution in [2.75, 3.05) is 0 Å². The van der Waals surface area contributed by atoms with E-state index in [4.69, 9.17) is 9.98 Å². The fourth-order valence-electron chi connectivity index (χ4n) is 10.0. The molecule has 0 radical (unpaired) electrons. The van der Waals surface area contributed by atoms with Gasteiger partial charge in [0.05, 0.1) is 17.0 Å². The summed E-state index contributed by atoms with van der Waals surface area (Å²) in [5.74, 6) is 1.23. The molecule has 0 aromatic heterocycles. The van der Waals surface area contributed by atoms with Crippen LogP contribution < -0.4 is 0 Å². The number of allylic oxidation sites excluding steroid dienone is 11. The van der Waals surface area contributed by atoms with Crippen LogP contribution in [0.15, 0.2) is 215 Å². The van der Waals surface area contributed by atoms with Crippen LogP contribution in [0.4, 0.5) is 0 Å².